The van der Waals surface area contributed by atoms with Gasteiger partial charge in [0.1, 0.15) is 0 Å². The first-order valence-corrected chi connectivity index (χ1v) is 6.99. The maximum Gasteiger partial charge on any atom is 0.217 e. The second-order valence-corrected chi connectivity index (χ2v) is 4.44. The van der Waals surface area contributed by atoms with Gasteiger partial charge in [0.05, 0.1) is 6.61 Å². The summed E-state index contributed by atoms with van der Waals surface area (Å²) in [6, 6.07) is 0.217. The highest BCUT2D eigenvalue weighted by molar-refractivity contribution is 5.73. The van der Waals surface area contributed by atoms with Gasteiger partial charge in [-0.25, -0.2) is 0 Å². The molecule has 18 heavy (non-hydrogen) atoms. The van der Waals surface area contributed by atoms with Crippen LogP contribution in [0.1, 0.15) is 43.0 Å². The minimum atomic E-state index is 0. The Morgan fingerprint density at radius 3 is 2.28 bits per heavy atom. The Morgan fingerprint density at radius 1 is 1.39 bits per heavy atom. The fourth-order valence-corrected chi connectivity index (χ4v) is 1.56. The van der Waals surface area contributed by atoms with Crippen molar-refractivity contribution >= 4 is 5.91 Å². The molecule has 0 radical (unpaired) electrons. The van der Waals surface area contributed by atoms with Crippen LogP contribution in [0.5, 0.6) is 0 Å². The zero-order valence-electron chi connectivity index (χ0n) is 13.2. The topological polar surface area (TPSA) is 41.6 Å². The number of carbonyl (C=O) groups excluding carboxylic acids is 1. The van der Waals surface area contributed by atoms with Gasteiger partial charge in [-0.3, -0.25) is 9.69 Å². The van der Waals surface area contributed by atoms with Crippen LogP contribution in [0.4, 0.5) is 0 Å². The summed E-state index contributed by atoms with van der Waals surface area (Å²) in [7, 11) is 1.71. The zero-order chi connectivity index (χ0) is 14.6. The van der Waals surface area contributed by atoms with Crippen LogP contribution >= 0.6 is 0 Å². The molecule has 1 amide bonds. The minimum absolute atomic E-state index is 0. The fourth-order valence-electron chi connectivity index (χ4n) is 1.56. The Kier molecular flexibility index (Phi) is 14.1. The van der Waals surface area contributed by atoms with E-state index in [1.807, 2.05) is 13.8 Å². The quantitative estimate of drug-likeness (QED) is 0.730. The minimum Gasteiger partial charge on any atom is -0.383 e. The van der Waals surface area contributed by atoms with Crippen molar-refractivity contribution in [3.63, 3.8) is 0 Å². The van der Waals surface area contributed by atoms with Crippen LogP contribution in [0.15, 0.2) is 0 Å². The van der Waals surface area contributed by atoms with Gasteiger partial charge in [-0.15, -0.1) is 0 Å². The zero-order valence-corrected chi connectivity index (χ0v) is 13.2. The van der Waals surface area contributed by atoms with Gasteiger partial charge in [-0.2, -0.15) is 0 Å². The first-order valence-electron chi connectivity index (χ1n) is 6.99. The normalized spacial score (nSPS) is 12.1. The number of methoxy groups -OCH3 is 1. The van der Waals surface area contributed by atoms with Crippen molar-refractivity contribution in [1.82, 2.24) is 10.2 Å². The lowest BCUT2D eigenvalue weighted by Gasteiger charge is -2.29. The number of hydrogen-bond donors (Lipinski definition) is 1. The number of rotatable bonds is 8. The van der Waals surface area contributed by atoms with E-state index in [9.17, 15) is 4.79 Å². The number of likely N-dealkylation sites (N-methyl/N-ethyl adjacent to an activating group) is 1. The molecule has 0 bridgehead atoms. The van der Waals surface area contributed by atoms with Crippen LogP contribution in [0.25, 0.3) is 0 Å². The average molecular weight is 262 g/mol. The van der Waals surface area contributed by atoms with Crippen LogP contribution in [-0.2, 0) is 9.53 Å². The van der Waals surface area contributed by atoms with Crippen LogP contribution < -0.4 is 5.32 Å². The summed E-state index contributed by atoms with van der Waals surface area (Å²) in [4.78, 5) is 13.4. The molecule has 0 aromatic rings. The summed E-state index contributed by atoms with van der Waals surface area (Å²) < 4.78 is 5.07. The SMILES string of the molecule is CC.CCN(CCOC)C[C@@H](NC(C)=O)C(C)C.[HH]. The number of ether oxygens (including phenoxy) is 1. The first-order chi connectivity index (χ1) is 8.51. The van der Waals surface area contributed by atoms with Gasteiger partial charge in [0.2, 0.25) is 5.91 Å². The Hall–Kier alpha value is -0.610. The predicted octanol–water partition coefficient (Wildman–Crippen LogP) is 2.39. The maximum absolute atomic E-state index is 11.1. The summed E-state index contributed by atoms with van der Waals surface area (Å²) in [6.45, 7) is 15.5. The second kappa shape index (κ2) is 12.8. The summed E-state index contributed by atoms with van der Waals surface area (Å²) in [6.07, 6.45) is 0. The van der Waals surface area contributed by atoms with E-state index in [4.69, 9.17) is 4.74 Å². The molecule has 0 aliphatic rings. The summed E-state index contributed by atoms with van der Waals surface area (Å²) in [5.41, 5.74) is 0. The predicted molar refractivity (Wildman–Crippen MR) is 79.9 cm³/mol. The van der Waals surface area contributed by atoms with Gasteiger partial charge in [0, 0.05) is 34.6 Å². The number of nitrogens with one attached hydrogen (secondary N) is 1. The van der Waals surface area contributed by atoms with E-state index >= 15 is 0 Å². The van der Waals surface area contributed by atoms with Gasteiger partial charge in [0.25, 0.3) is 0 Å². The maximum atomic E-state index is 11.1. The van der Waals surface area contributed by atoms with E-state index in [0.717, 1.165) is 26.2 Å². The summed E-state index contributed by atoms with van der Waals surface area (Å²) in [5.74, 6) is 0.488. The van der Waals surface area contributed by atoms with E-state index in [2.05, 4.69) is 31.0 Å². The highest BCUT2D eigenvalue weighted by atomic mass is 16.5. The molecule has 0 saturated carbocycles. The molecule has 0 aliphatic heterocycles. The van der Waals surface area contributed by atoms with Crippen LogP contribution in [0, 0.1) is 5.92 Å². The van der Waals surface area contributed by atoms with Crippen LogP contribution in [0.3, 0.4) is 0 Å². The highest BCUT2D eigenvalue weighted by Crippen LogP contribution is 2.04. The molecule has 0 aromatic heterocycles. The molecule has 0 spiro atoms. The van der Waals surface area contributed by atoms with Gasteiger partial charge in [-0.05, 0) is 12.5 Å². The monoisotopic (exact) mass is 262 g/mol. The van der Waals surface area contributed by atoms with E-state index in [1.54, 1.807) is 14.0 Å². The lowest BCUT2D eigenvalue weighted by molar-refractivity contribution is -0.120. The van der Waals surface area contributed by atoms with E-state index in [-0.39, 0.29) is 13.4 Å². The van der Waals surface area contributed by atoms with E-state index in [0.29, 0.717) is 5.92 Å². The van der Waals surface area contributed by atoms with Gasteiger partial charge in [-0.1, -0.05) is 34.6 Å². The van der Waals surface area contributed by atoms with Crippen LogP contribution in [-0.4, -0.2) is 50.2 Å². The molecule has 4 nitrogen and oxygen atoms in total. The van der Waals surface area contributed by atoms with Gasteiger partial charge < -0.3 is 10.1 Å². The molecule has 4 heteroatoms. The molecule has 1 atom stereocenters. The Labute approximate surface area is 115 Å². The van der Waals surface area contributed by atoms with Crippen molar-refractivity contribution in [2.75, 3.05) is 33.4 Å². The lowest BCUT2D eigenvalue weighted by atomic mass is 10.0. The Balaban J connectivity index is -0.000000809. The molecule has 0 aliphatic carbocycles. The third-order valence-electron chi connectivity index (χ3n) is 2.71. The van der Waals surface area contributed by atoms with E-state index in [1.165, 1.54) is 0 Å². The Bertz CT molecular complexity index is 202. The number of amides is 1. The molecule has 0 heterocycles. The van der Waals surface area contributed by atoms with Crippen molar-refractivity contribution in [3.8, 4) is 0 Å². The smallest absolute Gasteiger partial charge is 0.217 e. The Morgan fingerprint density at radius 2 is 1.94 bits per heavy atom. The third kappa shape index (κ3) is 10.5. The molecule has 112 valence electrons. The summed E-state index contributed by atoms with van der Waals surface area (Å²) >= 11 is 0. The van der Waals surface area contributed by atoms with Crippen molar-refractivity contribution in [3.05, 3.63) is 0 Å². The number of hydrogen-bond acceptors (Lipinski definition) is 3. The van der Waals surface area contributed by atoms with Crippen LogP contribution in [0.2, 0.25) is 0 Å². The standard InChI is InChI=1S/C12H26N2O2.C2H6.H2/c1-6-14(7-8-16-5)9-12(10(2)3)13-11(4)15;1-2;/h10,12H,6-9H2,1-5H3,(H,13,15);1-2H3;1H/t12-;;/m1../s1. The second-order valence-electron chi connectivity index (χ2n) is 4.44. The first kappa shape index (κ1) is 19.7. The van der Waals surface area contributed by atoms with E-state index < -0.39 is 0 Å². The lowest BCUT2D eigenvalue weighted by Crippen LogP contribution is -2.46. The molecular formula is C14H34N2O2. The fraction of sp³-hybridized carbons (Fsp3) is 0.929. The molecule has 1 N–H and O–H groups in total. The van der Waals surface area contributed by atoms with Gasteiger partial charge in [0.15, 0.2) is 0 Å². The molecule has 0 aromatic carbocycles. The molecule has 0 saturated heterocycles. The number of carbonyl (C=O) groups is 1. The average Bonchev–Trinajstić information content (AvgIpc) is 2.34. The molecule has 0 fully saturated rings. The molecular weight excluding hydrogens is 228 g/mol. The number of nitrogens with zero attached hydrogens (tertiary/aromatic N) is 1. The molecule has 0 unspecified atom stereocenters. The van der Waals surface area contributed by atoms with Crippen molar-refractivity contribution in [2.45, 2.75) is 47.6 Å². The molecule has 0 rings (SSSR count). The third-order valence-corrected chi connectivity index (χ3v) is 2.71. The van der Waals surface area contributed by atoms with Crippen molar-refractivity contribution in [1.29, 1.82) is 0 Å². The highest BCUT2D eigenvalue weighted by Gasteiger charge is 2.17. The largest absolute Gasteiger partial charge is 0.383 e. The van der Waals surface area contributed by atoms with Gasteiger partial charge >= 0.3 is 0 Å². The van der Waals surface area contributed by atoms with Crippen molar-refractivity contribution < 1.29 is 11.0 Å². The van der Waals surface area contributed by atoms with Crippen molar-refractivity contribution in [2.24, 2.45) is 5.92 Å². The summed E-state index contributed by atoms with van der Waals surface area (Å²) in [5, 5.41) is 3.00.